The van der Waals surface area contributed by atoms with E-state index in [-0.39, 0.29) is 11.3 Å². The number of morpholine rings is 1. The van der Waals surface area contributed by atoms with E-state index in [4.69, 9.17) is 10.5 Å². The molecule has 1 aliphatic heterocycles. The third kappa shape index (κ3) is 3.60. The highest BCUT2D eigenvalue weighted by Crippen LogP contribution is 2.20. The average Bonchev–Trinajstić information content (AvgIpc) is 2.58. The summed E-state index contributed by atoms with van der Waals surface area (Å²) in [5.74, 6) is -0.923. The normalized spacial score (nSPS) is 14.6. The molecular formula is C17H18FN3O2. The monoisotopic (exact) mass is 315 g/mol. The number of amides is 1. The van der Waals surface area contributed by atoms with Gasteiger partial charge in [0.15, 0.2) is 0 Å². The van der Waals surface area contributed by atoms with Crippen molar-refractivity contribution in [3.05, 3.63) is 53.8 Å². The van der Waals surface area contributed by atoms with Crippen LogP contribution in [0, 0.1) is 5.82 Å². The first kappa shape index (κ1) is 15.3. The second kappa shape index (κ2) is 6.66. The summed E-state index contributed by atoms with van der Waals surface area (Å²) in [6.45, 7) is 3.14. The van der Waals surface area contributed by atoms with Crippen LogP contribution in [0.2, 0.25) is 0 Å². The van der Waals surface area contributed by atoms with Crippen LogP contribution in [-0.4, -0.2) is 32.2 Å². The highest BCUT2D eigenvalue weighted by molar-refractivity contribution is 6.07. The van der Waals surface area contributed by atoms with Gasteiger partial charge in [-0.1, -0.05) is 0 Å². The van der Waals surface area contributed by atoms with E-state index in [0.717, 1.165) is 38.1 Å². The van der Waals surface area contributed by atoms with Crippen molar-refractivity contribution < 1.29 is 13.9 Å². The van der Waals surface area contributed by atoms with Crippen LogP contribution in [0.1, 0.15) is 10.4 Å². The number of nitrogen functional groups attached to an aromatic ring is 1. The largest absolute Gasteiger partial charge is 0.398 e. The molecule has 0 spiro atoms. The van der Waals surface area contributed by atoms with Gasteiger partial charge in [-0.2, -0.15) is 0 Å². The molecule has 1 fully saturated rings. The van der Waals surface area contributed by atoms with Crippen LogP contribution in [0.4, 0.5) is 21.5 Å². The van der Waals surface area contributed by atoms with E-state index in [1.54, 1.807) is 0 Å². The Hall–Kier alpha value is -2.60. The van der Waals surface area contributed by atoms with Gasteiger partial charge in [0.25, 0.3) is 5.91 Å². The van der Waals surface area contributed by atoms with Crippen molar-refractivity contribution >= 4 is 23.0 Å². The van der Waals surface area contributed by atoms with E-state index in [2.05, 4.69) is 10.2 Å². The molecule has 1 saturated heterocycles. The molecule has 1 aliphatic rings. The van der Waals surface area contributed by atoms with Gasteiger partial charge in [-0.05, 0) is 42.5 Å². The first-order chi connectivity index (χ1) is 11.1. The Morgan fingerprint density at radius 3 is 2.52 bits per heavy atom. The predicted molar refractivity (Wildman–Crippen MR) is 88.2 cm³/mol. The number of anilines is 3. The molecule has 0 radical (unpaired) electrons. The van der Waals surface area contributed by atoms with Crippen LogP contribution in [-0.2, 0) is 4.74 Å². The zero-order chi connectivity index (χ0) is 16.2. The average molecular weight is 315 g/mol. The zero-order valence-corrected chi connectivity index (χ0v) is 12.6. The number of nitrogens with two attached hydrogens (primary N) is 1. The minimum absolute atomic E-state index is 0.127. The van der Waals surface area contributed by atoms with Crippen LogP contribution >= 0.6 is 0 Å². The Bertz CT molecular complexity index is 697. The lowest BCUT2D eigenvalue weighted by atomic mass is 10.1. The number of hydrogen-bond donors (Lipinski definition) is 2. The van der Waals surface area contributed by atoms with Gasteiger partial charge in [0, 0.05) is 30.2 Å². The molecule has 1 amide bonds. The number of carbonyl (C=O) groups is 1. The summed E-state index contributed by atoms with van der Waals surface area (Å²) in [4.78, 5) is 14.4. The zero-order valence-electron chi connectivity index (χ0n) is 12.6. The molecule has 3 rings (SSSR count). The lowest BCUT2D eigenvalue weighted by Gasteiger charge is -2.28. The quantitative estimate of drug-likeness (QED) is 0.854. The van der Waals surface area contributed by atoms with Crippen LogP contribution in [0.15, 0.2) is 42.5 Å². The van der Waals surface area contributed by atoms with E-state index >= 15 is 0 Å². The van der Waals surface area contributed by atoms with Gasteiger partial charge in [-0.3, -0.25) is 4.79 Å². The SMILES string of the molecule is Nc1ccc(F)cc1C(=O)Nc1ccc(N2CCOCC2)cc1. The molecule has 0 aliphatic carbocycles. The summed E-state index contributed by atoms with van der Waals surface area (Å²) in [6.07, 6.45) is 0. The lowest BCUT2D eigenvalue weighted by molar-refractivity contribution is 0.102. The number of benzene rings is 2. The summed E-state index contributed by atoms with van der Waals surface area (Å²) in [6, 6.07) is 11.3. The van der Waals surface area contributed by atoms with Crippen molar-refractivity contribution in [2.45, 2.75) is 0 Å². The minimum Gasteiger partial charge on any atom is -0.398 e. The highest BCUT2D eigenvalue weighted by atomic mass is 19.1. The van der Waals surface area contributed by atoms with Gasteiger partial charge in [0.2, 0.25) is 0 Å². The van der Waals surface area contributed by atoms with E-state index in [0.29, 0.717) is 5.69 Å². The van der Waals surface area contributed by atoms with Gasteiger partial charge in [0.1, 0.15) is 5.82 Å². The Kier molecular flexibility index (Phi) is 4.43. The van der Waals surface area contributed by atoms with Crippen LogP contribution in [0.3, 0.4) is 0 Å². The number of carbonyl (C=O) groups excluding carboxylic acids is 1. The highest BCUT2D eigenvalue weighted by Gasteiger charge is 2.13. The van der Waals surface area contributed by atoms with Crippen molar-refractivity contribution in [3.8, 4) is 0 Å². The maximum absolute atomic E-state index is 13.3. The van der Waals surface area contributed by atoms with Crippen molar-refractivity contribution in [2.24, 2.45) is 0 Å². The molecule has 120 valence electrons. The number of hydrogen-bond acceptors (Lipinski definition) is 4. The van der Waals surface area contributed by atoms with E-state index in [1.165, 1.54) is 12.1 Å². The summed E-state index contributed by atoms with van der Waals surface area (Å²) in [5.41, 5.74) is 7.81. The molecule has 0 atom stereocenters. The smallest absolute Gasteiger partial charge is 0.257 e. The summed E-state index contributed by atoms with van der Waals surface area (Å²) in [5, 5.41) is 2.73. The Labute approximate surface area is 133 Å². The van der Waals surface area contributed by atoms with Crippen molar-refractivity contribution in [1.29, 1.82) is 0 Å². The Morgan fingerprint density at radius 1 is 1.13 bits per heavy atom. The molecule has 0 unspecified atom stereocenters. The second-order valence-corrected chi connectivity index (χ2v) is 5.33. The van der Waals surface area contributed by atoms with Crippen molar-refractivity contribution in [1.82, 2.24) is 0 Å². The lowest BCUT2D eigenvalue weighted by Crippen LogP contribution is -2.36. The molecule has 1 heterocycles. The van der Waals surface area contributed by atoms with Gasteiger partial charge in [0.05, 0.1) is 18.8 Å². The molecule has 2 aromatic carbocycles. The number of nitrogens with one attached hydrogen (secondary N) is 1. The third-order valence-electron chi connectivity index (χ3n) is 3.76. The summed E-state index contributed by atoms with van der Waals surface area (Å²) < 4.78 is 18.6. The van der Waals surface area contributed by atoms with E-state index in [9.17, 15) is 9.18 Å². The first-order valence-corrected chi connectivity index (χ1v) is 7.42. The number of rotatable bonds is 3. The molecule has 2 aromatic rings. The van der Waals surface area contributed by atoms with Crippen LogP contribution in [0.25, 0.3) is 0 Å². The van der Waals surface area contributed by atoms with Gasteiger partial charge >= 0.3 is 0 Å². The van der Waals surface area contributed by atoms with Gasteiger partial charge in [-0.15, -0.1) is 0 Å². The maximum atomic E-state index is 13.3. The number of halogens is 1. The molecule has 0 saturated carbocycles. The van der Waals surface area contributed by atoms with Crippen LogP contribution < -0.4 is 16.0 Å². The summed E-state index contributed by atoms with van der Waals surface area (Å²) >= 11 is 0. The fourth-order valence-electron chi connectivity index (χ4n) is 2.50. The first-order valence-electron chi connectivity index (χ1n) is 7.42. The molecule has 23 heavy (non-hydrogen) atoms. The second-order valence-electron chi connectivity index (χ2n) is 5.33. The molecule has 3 N–H and O–H groups in total. The van der Waals surface area contributed by atoms with E-state index < -0.39 is 11.7 Å². The fourth-order valence-corrected chi connectivity index (χ4v) is 2.50. The number of nitrogens with zero attached hydrogens (tertiary/aromatic N) is 1. The molecule has 0 bridgehead atoms. The van der Waals surface area contributed by atoms with Crippen molar-refractivity contribution in [3.63, 3.8) is 0 Å². The Morgan fingerprint density at radius 2 is 1.83 bits per heavy atom. The van der Waals surface area contributed by atoms with Crippen LogP contribution in [0.5, 0.6) is 0 Å². The fraction of sp³-hybridized carbons (Fsp3) is 0.235. The maximum Gasteiger partial charge on any atom is 0.257 e. The van der Waals surface area contributed by atoms with E-state index in [1.807, 2.05) is 24.3 Å². The number of ether oxygens (including phenoxy) is 1. The standard InChI is InChI=1S/C17H18FN3O2/c18-12-1-6-16(19)15(11-12)17(22)20-13-2-4-14(5-3-13)21-7-9-23-10-8-21/h1-6,11H,7-10,19H2,(H,20,22). The summed E-state index contributed by atoms with van der Waals surface area (Å²) in [7, 11) is 0. The van der Waals surface area contributed by atoms with Crippen molar-refractivity contribution in [2.75, 3.05) is 42.3 Å². The molecular weight excluding hydrogens is 297 g/mol. The molecule has 6 heteroatoms. The molecule has 5 nitrogen and oxygen atoms in total. The minimum atomic E-state index is -0.494. The topological polar surface area (TPSA) is 67.6 Å². The van der Waals surface area contributed by atoms with Gasteiger partial charge < -0.3 is 20.7 Å². The predicted octanol–water partition coefficient (Wildman–Crippen LogP) is 2.50. The molecule has 0 aromatic heterocycles. The third-order valence-corrected chi connectivity index (χ3v) is 3.76. The van der Waals surface area contributed by atoms with Gasteiger partial charge in [-0.25, -0.2) is 4.39 Å². The Balaban J connectivity index is 1.70.